The first-order valence-corrected chi connectivity index (χ1v) is 10.8. The Morgan fingerprint density at radius 1 is 1.27 bits per heavy atom. The summed E-state index contributed by atoms with van der Waals surface area (Å²) < 4.78 is 11.2. The molecule has 2 aromatic heterocycles. The highest BCUT2D eigenvalue weighted by Crippen LogP contribution is 2.27. The van der Waals surface area contributed by atoms with Crippen molar-refractivity contribution in [2.45, 2.75) is 10.6 Å². The van der Waals surface area contributed by atoms with Crippen molar-refractivity contribution in [3.05, 3.63) is 70.5 Å². The number of nitrogen functional groups attached to an aromatic ring is 1. The number of hydrazone groups is 1. The minimum Gasteiger partial charge on any atom is -0.496 e. The summed E-state index contributed by atoms with van der Waals surface area (Å²) in [6.07, 6.45) is 1.48. The van der Waals surface area contributed by atoms with E-state index in [0.29, 0.717) is 27.8 Å². The molecular formula is C20H17ClN8O3S. The fourth-order valence-corrected chi connectivity index (χ4v) is 3.80. The second-order valence-electron chi connectivity index (χ2n) is 6.45. The number of hydrogen-bond acceptors (Lipinski definition) is 10. The average molecular weight is 485 g/mol. The molecule has 0 aliphatic rings. The van der Waals surface area contributed by atoms with Gasteiger partial charge in [-0.15, -0.1) is 16.9 Å². The third-order valence-electron chi connectivity index (χ3n) is 4.37. The lowest BCUT2D eigenvalue weighted by Crippen LogP contribution is -2.20. The molecule has 4 rings (SSSR count). The Labute approximate surface area is 196 Å². The number of para-hydroxylation sites is 1. The third kappa shape index (κ3) is 5.13. The molecule has 2 aromatic carbocycles. The van der Waals surface area contributed by atoms with Crippen molar-refractivity contribution in [1.29, 1.82) is 0 Å². The van der Waals surface area contributed by atoms with E-state index in [1.54, 1.807) is 31.4 Å². The zero-order valence-electron chi connectivity index (χ0n) is 17.2. The van der Waals surface area contributed by atoms with Crippen LogP contribution in [0.1, 0.15) is 21.7 Å². The van der Waals surface area contributed by atoms with Crippen molar-refractivity contribution in [3.8, 4) is 11.6 Å². The van der Waals surface area contributed by atoms with Gasteiger partial charge in [-0.3, -0.25) is 4.79 Å². The Morgan fingerprint density at radius 2 is 2.06 bits per heavy atom. The summed E-state index contributed by atoms with van der Waals surface area (Å²) in [5.74, 6) is 0.522. The van der Waals surface area contributed by atoms with Crippen molar-refractivity contribution in [2.75, 3.05) is 12.8 Å². The van der Waals surface area contributed by atoms with E-state index in [1.165, 1.54) is 22.7 Å². The Balaban J connectivity index is 1.58. The second-order valence-corrected chi connectivity index (χ2v) is 7.94. The van der Waals surface area contributed by atoms with Crippen LogP contribution in [0.25, 0.3) is 5.82 Å². The molecule has 0 bridgehead atoms. The minimum atomic E-state index is -0.561. The van der Waals surface area contributed by atoms with Crippen LogP contribution in [0.15, 0.2) is 63.2 Å². The van der Waals surface area contributed by atoms with Crippen LogP contribution in [0.4, 0.5) is 5.82 Å². The summed E-state index contributed by atoms with van der Waals surface area (Å²) in [4.78, 5) is 13.8. The number of nitrogens with one attached hydrogen (secondary N) is 1. The van der Waals surface area contributed by atoms with Crippen LogP contribution in [0, 0.1) is 0 Å². The van der Waals surface area contributed by atoms with Crippen molar-refractivity contribution < 1.29 is 14.2 Å². The molecule has 168 valence electrons. The SMILES string of the molecule is COc1ccccc1/C=N\NC(=O)c1nnn(-c2nonc2N)c1CSc1ccc(Cl)cc1. The van der Waals surface area contributed by atoms with E-state index in [1.807, 2.05) is 24.3 Å². The van der Waals surface area contributed by atoms with Crippen LogP contribution in [0.5, 0.6) is 5.75 Å². The van der Waals surface area contributed by atoms with E-state index < -0.39 is 5.91 Å². The molecule has 0 aliphatic carbocycles. The molecule has 0 saturated heterocycles. The largest absolute Gasteiger partial charge is 0.496 e. The van der Waals surface area contributed by atoms with E-state index in [4.69, 9.17) is 22.1 Å². The summed E-state index contributed by atoms with van der Waals surface area (Å²) in [5.41, 5.74) is 9.45. The number of hydrogen-bond donors (Lipinski definition) is 2. The van der Waals surface area contributed by atoms with Crippen LogP contribution in [-0.4, -0.2) is 44.5 Å². The van der Waals surface area contributed by atoms with Crippen molar-refractivity contribution in [2.24, 2.45) is 5.10 Å². The van der Waals surface area contributed by atoms with E-state index in [9.17, 15) is 4.79 Å². The monoisotopic (exact) mass is 484 g/mol. The Kier molecular flexibility index (Phi) is 6.86. The number of amides is 1. The van der Waals surface area contributed by atoms with Crippen LogP contribution in [0.2, 0.25) is 5.02 Å². The van der Waals surface area contributed by atoms with Crippen LogP contribution < -0.4 is 15.9 Å². The maximum absolute atomic E-state index is 12.8. The number of aromatic nitrogens is 5. The lowest BCUT2D eigenvalue weighted by Gasteiger charge is -2.06. The molecule has 33 heavy (non-hydrogen) atoms. The zero-order valence-corrected chi connectivity index (χ0v) is 18.7. The maximum atomic E-state index is 12.8. The molecule has 11 nitrogen and oxygen atoms in total. The lowest BCUT2D eigenvalue weighted by atomic mass is 10.2. The quantitative estimate of drug-likeness (QED) is 0.219. The minimum absolute atomic E-state index is 0.0128. The Bertz CT molecular complexity index is 1290. The van der Waals surface area contributed by atoms with Gasteiger partial charge in [-0.1, -0.05) is 28.9 Å². The van der Waals surface area contributed by atoms with E-state index >= 15 is 0 Å². The normalized spacial score (nSPS) is 11.1. The fourth-order valence-electron chi connectivity index (χ4n) is 2.78. The number of carbonyl (C=O) groups excluding carboxylic acids is 1. The van der Waals surface area contributed by atoms with Crippen LogP contribution in [-0.2, 0) is 5.75 Å². The average Bonchev–Trinajstić information content (AvgIpc) is 3.44. The fraction of sp³-hybridized carbons (Fsp3) is 0.100. The molecule has 2 heterocycles. The number of methoxy groups -OCH3 is 1. The smallest absolute Gasteiger partial charge is 0.293 e. The number of thioether (sulfide) groups is 1. The molecule has 0 fully saturated rings. The molecule has 13 heteroatoms. The third-order valence-corrected chi connectivity index (χ3v) is 5.65. The molecule has 0 unspecified atom stereocenters. The number of nitrogens with zero attached hydrogens (tertiary/aromatic N) is 6. The highest BCUT2D eigenvalue weighted by atomic mass is 35.5. The number of halogens is 1. The van der Waals surface area contributed by atoms with Gasteiger partial charge >= 0.3 is 0 Å². The highest BCUT2D eigenvalue weighted by Gasteiger charge is 2.24. The highest BCUT2D eigenvalue weighted by molar-refractivity contribution is 7.98. The number of benzene rings is 2. The standard InChI is InChI=1S/C20H17ClN8O3S/c1-31-16-5-3-2-4-12(16)10-23-25-20(30)17-15(11-33-14-8-6-13(21)7-9-14)29(28-24-17)19-18(22)26-32-27-19/h2-10H,11H2,1H3,(H2,22,26)(H,25,30)/b23-10-. The predicted octanol–water partition coefficient (Wildman–Crippen LogP) is 2.95. The molecular weight excluding hydrogens is 468 g/mol. The molecule has 0 spiro atoms. The van der Waals surface area contributed by atoms with Crippen molar-refractivity contribution >= 4 is 41.3 Å². The van der Waals surface area contributed by atoms with E-state index in [2.05, 4.69) is 35.8 Å². The molecule has 0 atom stereocenters. The number of ether oxygens (including phenoxy) is 1. The Morgan fingerprint density at radius 3 is 2.79 bits per heavy atom. The van der Waals surface area contributed by atoms with Gasteiger partial charge in [0.1, 0.15) is 5.75 Å². The maximum Gasteiger partial charge on any atom is 0.293 e. The Hall–Kier alpha value is -3.90. The van der Waals surface area contributed by atoms with Gasteiger partial charge in [0.25, 0.3) is 5.91 Å². The van der Waals surface area contributed by atoms with Gasteiger partial charge in [0, 0.05) is 21.2 Å². The van der Waals surface area contributed by atoms with Gasteiger partial charge in [-0.25, -0.2) is 10.1 Å². The molecule has 0 radical (unpaired) electrons. The number of anilines is 1. The summed E-state index contributed by atoms with van der Waals surface area (Å²) >= 11 is 7.40. The van der Waals surface area contributed by atoms with Gasteiger partial charge < -0.3 is 10.5 Å². The van der Waals surface area contributed by atoms with E-state index in [-0.39, 0.29) is 17.3 Å². The summed E-state index contributed by atoms with van der Waals surface area (Å²) in [5, 5.41) is 20.0. The summed E-state index contributed by atoms with van der Waals surface area (Å²) in [6, 6.07) is 14.5. The van der Waals surface area contributed by atoms with Gasteiger partial charge in [-0.05, 0) is 46.7 Å². The predicted molar refractivity (Wildman–Crippen MR) is 123 cm³/mol. The van der Waals surface area contributed by atoms with Crippen molar-refractivity contribution in [3.63, 3.8) is 0 Å². The molecule has 4 aromatic rings. The second kappa shape index (κ2) is 10.1. The molecule has 0 aliphatic heterocycles. The van der Waals surface area contributed by atoms with Crippen LogP contribution in [0.3, 0.4) is 0 Å². The lowest BCUT2D eigenvalue weighted by molar-refractivity contribution is 0.0949. The van der Waals surface area contributed by atoms with E-state index in [0.717, 1.165) is 4.90 Å². The van der Waals surface area contributed by atoms with Crippen molar-refractivity contribution in [1.82, 2.24) is 30.7 Å². The van der Waals surface area contributed by atoms with Gasteiger partial charge in [0.2, 0.25) is 11.6 Å². The van der Waals surface area contributed by atoms with Crippen LogP contribution >= 0.6 is 23.4 Å². The summed E-state index contributed by atoms with van der Waals surface area (Å²) in [6.45, 7) is 0. The number of nitrogens with two attached hydrogens (primary N) is 1. The summed E-state index contributed by atoms with van der Waals surface area (Å²) in [7, 11) is 1.55. The number of carbonyl (C=O) groups is 1. The topological polar surface area (TPSA) is 146 Å². The molecule has 1 amide bonds. The first-order valence-electron chi connectivity index (χ1n) is 9.44. The first-order chi connectivity index (χ1) is 16.1. The molecule has 0 saturated carbocycles. The molecule has 3 N–H and O–H groups in total. The van der Waals surface area contributed by atoms with Gasteiger partial charge in [-0.2, -0.15) is 9.78 Å². The van der Waals surface area contributed by atoms with Gasteiger partial charge in [0.05, 0.1) is 19.0 Å². The zero-order chi connectivity index (χ0) is 23.2. The van der Waals surface area contributed by atoms with Gasteiger partial charge in [0.15, 0.2) is 5.69 Å². The first kappa shape index (κ1) is 22.3. The number of rotatable bonds is 8.